The van der Waals surface area contributed by atoms with Gasteiger partial charge in [-0.2, -0.15) is 0 Å². The predicted molar refractivity (Wildman–Crippen MR) is 66.2 cm³/mol. The van der Waals surface area contributed by atoms with Crippen molar-refractivity contribution in [3.63, 3.8) is 0 Å². The first-order chi connectivity index (χ1) is 8.50. The van der Waals surface area contributed by atoms with Crippen LogP contribution < -0.4 is 0 Å². The lowest BCUT2D eigenvalue weighted by Crippen LogP contribution is -2.06. The van der Waals surface area contributed by atoms with E-state index in [4.69, 9.17) is 4.42 Å². The largest absolute Gasteiger partial charge is 0.466 e. The summed E-state index contributed by atoms with van der Waals surface area (Å²) >= 11 is 2.99. The third-order valence-electron chi connectivity index (χ3n) is 2.74. The Labute approximate surface area is 111 Å². The molecule has 2 nitrogen and oxygen atoms in total. The summed E-state index contributed by atoms with van der Waals surface area (Å²) in [6.45, 7) is 1.76. The minimum atomic E-state index is -1.07. The number of halogens is 3. The molecule has 1 aromatic carbocycles. The van der Waals surface area contributed by atoms with Gasteiger partial charge in [-0.15, -0.1) is 0 Å². The van der Waals surface area contributed by atoms with Crippen molar-refractivity contribution < 1.29 is 18.3 Å². The molecule has 0 aliphatic rings. The monoisotopic (exact) mass is 316 g/mol. The van der Waals surface area contributed by atoms with Gasteiger partial charge in [-0.25, -0.2) is 8.78 Å². The Kier molecular flexibility index (Phi) is 3.82. The molecule has 1 atom stereocenters. The fourth-order valence-corrected chi connectivity index (χ4v) is 2.14. The smallest absolute Gasteiger partial charge is 0.143 e. The quantitative estimate of drug-likeness (QED) is 0.871. The average molecular weight is 317 g/mol. The van der Waals surface area contributed by atoms with Crippen LogP contribution in [0, 0.1) is 18.6 Å². The third-order valence-corrected chi connectivity index (χ3v) is 3.35. The van der Waals surface area contributed by atoms with Crippen LogP contribution in [-0.4, -0.2) is 5.11 Å². The maximum atomic E-state index is 13.7. The van der Waals surface area contributed by atoms with E-state index in [-0.39, 0.29) is 16.5 Å². The second-order valence-corrected chi connectivity index (χ2v) is 4.86. The molecule has 1 N–H and O–H groups in total. The van der Waals surface area contributed by atoms with Crippen molar-refractivity contribution in [2.75, 3.05) is 0 Å². The molecule has 96 valence electrons. The maximum absolute atomic E-state index is 13.7. The topological polar surface area (TPSA) is 33.4 Å². The molecule has 2 aromatic rings. The first-order valence-electron chi connectivity index (χ1n) is 5.35. The Morgan fingerprint density at radius 2 is 2.06 bits per heavy atom. The zero-order chi connectivity index (χ0) is 13.3. The number of furan rings is 1. The Balaban J connectivity index is 2.30. The van der Waals surface area contributed by atoms with E-state index in [0.717, 1.165) is 11.6 Å². The van der Waals surface area contributed by atoms with Crippen LogP contribution in [0.15, 0.2) is 33.4 Å². The van der Waals surface area contributed by atoms with Crippen LogP contribution in [0.2, 0.25) is 0 Å². The van der Waals surface area contributed by atoms with Crippen LogP contribution in [0.1, 0.15) is 23.0 Å². The Morgan fingerprint density at radius 1 is 1.33 bits per heavy atom. The van der Waals surface area contributed by atoms with E-state index >= 15 is 0 Å². The molecule has 0 radical (unpaired) electrons. The van der Waals surface area contributed by atoms with Crippen molar-refractivity contribution in [2.24, 2.45) is 0 Å². The molecule has 0 aliphatic carbocycles. The fraction of sp³-hybridized carbons (Fsp3) is 0.231. The molecule has 0 aliphatic heterocycles. The van der Waals surface area contributed by atoms with Gasteiger partial charge in [0.2, 0.25) is 0 Å². The maximum Gasteiger partial charge on any atom is 0.143 e. The number of rotatable bonds is 3. The van der Waals surface area contributed by atoms with Gasteiger partial charge in [0.25, 0.3) is 0 Å². The van der Waals surface area contributed by atoms with Crippen LogP contribution in [0.25, 0.3) is 0 Å². The van der Waals surface area contributed by atoms with Crippen molar-refractivity contribution in [1.82, 2.24) is 0 Å². The van der Waals surface area contributed by atoms with E-state index in [1.54, 1.807) is 13.0 Å². The molecule has 18 heavy (non-hydrogen) atoms. The molecule has 1 heterocycles. The summed E-state index contributed by atoms with van der Waals surface area (Å²) in [6, 6.07) is 4.13. The van der Waals surface area contributed by atoms with Gasteiger partial charge in [0.1, 0.15) is 23.5 Å². The lowest BCUT2D eigenvalue weighted by molar-refractivity contribution is 0.147. The van der Waals surface area contributed by atoms with Gasteiger partial charge in [0.05, 0.1) is 10.7 Å². The summed E-state index contributed by atoms with van der Waals surface area (Å²) in [4.78, 5) is 0. The number of aliphatic hydroxyl groups is 1. The molecule has 0 fully saturated rings. The number of hydrogen-bond donors (Lipinski definition) is 1. The molecule has 1 aromatic heterocycles. The summed E-state index contributed by atoms with van der Waals surface area (Å²) < 4.78 is 32.5. The minimum Gasteiger partial charge on any atom is -0.466 e. The molecular formula is C13H11BrF2O2. The zero-order valence-electron chi connectivity index (χ0n) is 9.58. The van der Waals surface area contributed by atoms with Gasteiger partial charge in [-0.1, -0.05) is 0 Å². The van der Waals surface area contributed by atoms with E-state index in [9.17, 15) is 13.9 Å². The van der Waals surface area contributed by atoms with E-state index in [1.165, 1.54) is 12.3 Å². The van der Waals surface area contributed by atoms with Crippen molar-refractivity contribution in [1.29, 1.82) is 0 Å². The predicted octanol–water partition coefficient (Wildman–Crippen LogP) is 3.90. The molecule has 0 saturated heterocycles. The molecule has 2 rings (SSSR count). The van der Waals surface area contributed by atoms with Gasteiger partial charge in [0.15, 0.2) is 0 Å². The van der Waals surface area contributed by atoms with Gasteiger partial charge < -0.3 is 9.52 Å². The summed E-state index contributed by atoms with van der Waals surface area (Å²) in [5, 5.41) is 9.94. The molecule has 1 unspecified atom stereocenters. The standard InChI is InChI=1S/C13H11BrF2O2/c1-7-4-5-18-13(7)11(17)6-8-10(15)3-2-9(14)12(8)16/h2-5,11,17H,6H2,1H3. The van der Waals surface area contributed by atoms with Crippen LogP contribution >= 0.6 is 15.9 Å². The second-order valence-electron chi connectivity index (χ2n) is 4.01. The first kappa shape index (κ1) is 13.2. The number of benzene rings is 1. The second kappa shape index (κ2) is 5.20. The van der Waals surface area contributed by atoms with Gasteiger partial charge in [-0.05, 0) is 46.6 Å². The van der Waals surface area contributed by atoms with Gasteiger partial charge in [0, 0.05) is 12.0 Å². The first-order valence-corrected chi connectivity index (χ1v) is 6.14. The zero-order valence-corrected chi connectivity index (χ0v) is 11.2. The van der Waals surface area contributed by atoms with E-state index in [1.807, 2.05) is 0 Å². The van der Waals surface area contributed by atoms with Gasteiger partial charge in [-0.3, -0.25) is 0 Å². The SMILES string of the molecule is Cc1ccoc1C(O)Cc1c(F)ccc(Br)c1F. The summed E-state index contributed by atoms with van der Waals surface area (Å²) in [5.41, 5.74) is 0.589. The molecule has 0 amide bonds. The molecule has 0 spiro atoms. The average Bonchev–Trinajstić information content (AvgIpc) is 2.76. The van der Waals surface area contributed by atoms with Crippen LogP contribution in [0.3, 0.4) is 0 Å². The number of aliphatic hydroxyl groups excluding tert-OH is 1. The highest BCUT2D eigenvalue weighted by molar-refractivity contribution is 9.10. The number of aryl methyl sites for hydroxylation is 1. The lowest BCUT2D eigenvalue weighted by atomic mass is 10.0. The summed E-state index contributed by atoms with van der Waals surface area (Å²) in [5.74, 6) is -1.05. The highest BCUT2D eigenvalue weighted by atomic mass is 79.9. The van der Waals surface area contributed by atoms with Crippen LogP contribution in [0.4, 0.5) is 8.78 Å². The van der Waals surface area contributed by atoms with E-state index < -0.39 is 17.7 Å². The van der Waals surface area contributed by atoms with E-state index in [0.29, 0.717) is 5.76 Å². The van der Waals surface area contributed by atoms with Crippen molar-refractivity contribution >= 4 is 15.9 Å². The van der Waals surface area contributed by atoms with Gasteiger partial charge >= 0.3 is 0 Å². The van der Waals surface area contributed by atoms with E-state index in [2.05, 4.69) is 15.9 Å². The fourth-order valence-electron chi connectivity index (χ4n) is 1.77. The third kappa shape index (κ3) is 2.47. The van der Waals surface area contributed by atoms with Crippen molar-refractivity contribution in [3.05, 3.63) is 57.5 Å². The van der Waals surface area contributed by atoms with Crippen LogP contribution in [-0.2, 0) is 6.42 Å². The van der Waals surface area contributed by atoms with Crippen molar-refractivity contribution in [2.45, 2.75) is 19.4 Å². The van der Waals surface area contributed by atoms with Crippen molar-refractivity contribution in [3.8, 4) is 0 Å². The molecular weight excluding hydrogens is 306 g/mol. The summed E-state index contributed by atoms with van der Waals surface area (Å²) in [6.07, 6.45) is 0.186. The molecule has 0 saturated carbocycles. The Hall–Kier alpha value is -1.20. The van der Waals surface area contributed by atoms with Crippen LogP contribution in [0.5, 0.6) is 0 Å². The highest BCUT2D eigenvalue weighted by Gasteiger charge is 2.20. The Morgan fingerprint density at radius 3 is 2.67 bits per heavy atom. The molecule has 0 bridgehead atoms. The highest BCUT2D eigenvalue weighted by Crippen LogP contribution is 2.28. The number of hydrogen-bond acceptors (Lipinski definition) is 2. The minimum absolute atomic E-state index is 0.160. The molecule has 5 heteroatoms. The Bertz CT molecular complexity index is 566. The lowest BCUT2D eigenvalue weighted by Gasteiger charge is -2.11. The normalized spacial score (nSPS) is 12.7. The summed E-state index contributed by atoms with van der Waals surface area (Å²) in [7, 11) is 0.